The van der Waals surface area contributed by atoms with E-state index in [2.05, 4.69) is 61.7 Å². The maximum absolute atomic E-state index is 6.49. The Labute approximate surface area is 242 Å². The lowest BCUT2D eigenvalue weighted by Crippen LogP contribution is -2.06. The number of nitrogens with two attached hydrogens (primary N) is 4. The first-order chi connectivity index (χ1) is 19.9. The zero-order valence-corrected chi connectivity index (χ0v) is 22.9. The van der Waals surface area contributed by atoms with Gasteiger partial charge in [-0.05, 0) is 64.2 Å². The highest BCUT2D eigenvalue weighted by Gasteiger charge is 2.21. The van der Waals surface area contributed by atoms with E-state index < -0.39 is 0 Å². The van der Waals surface area contributed by atoms with Crippen LogP contribution < -0.4 is 22.9 Å². The third-order valence-corrected chi connectivity index (χ3v) is 7.37. The average Bonchev–Trinajstić information content (AvgIpc) is 2.99. The molecule has 8 N–H and O–H groups in total. The van der Waals surface area contributed by atoms with Crippen molar-refractivity contribution in [2.45, 2.75) is 5.92 Å². The van der Waals surface area contributed by atoms with Gasteiger partial charge < -0.3 is 22.9 Å². The molecule has 0 aliphatic carbocycles. The topological polar surface area (TPSA) is 104 Å². The summed E-state index contributed by atoms with van der Waals surface area (Å²) in [5, 5.41) is 0. The Morgan fingerprint density at radius 3 is 1.44 bits per heavy atom. The molecule has 4 nitrogen and oxygen atoms in total. The Balaban J connectivity index is 1.69. The number of allylic oxidation sites excluding steroid dienone is 4. The van der Waals surface area contributed by atoms with Crippen LogP contribution in [0.5, 0.6) is 0 Å². The number of rotatable bonds is 8. The highest BCUT2D eigenvalue weighted by atomic mass is 14.6. The highest BCUT2D eigenvalue weighted by Crippen LogP contribution is 2.40. The van der Waals surface area contributed by atoms with Crippen LogP contribution in [-0.4, -0.2) is 0 Å². The molecule has 0 spiro atoms. The van der Waals surface area contributed by atoms with Crippen LogP contribution in [0.15, 0.2) is 141 Å². The fourth-order valence-electron chi connectivity index (χ4n) is 5.21. The number of hydrogen-bond acceptors (Lipinski definition) is 4. The number of para-hydroxylation sites is 2. The molecule has 5 rings (SSSR count). The fraction of sp³-hybridized carbons (Fsp3) is 0.0270. The summed E-state index contributed by atoms with van der Waals surface area (Å²) in [5.74, 6) is -0.116. The Morgan fingerprint density at radius 1 is 0.537 bits per heavy atom. The van der Waals surface area contributed by atoms with Gasteiger partial charge in [0.15, 0.2) is 0 Å². The van der Waals surface area contributed by atoms with Crippen molar-refractivity contribution in [2.75, 3.05) is 22.9 Å². The van der Waals surface area contributed by atoms with E-state index in [0.717, 1.165) is 50.1 Å². The number of benzene rings is 5. The van der Waals surface area contributed by atoms with Crippen LogP contribution in [0.25, 0.3) is 27.8 Å². The van der Waals surface area contributed by atoms with Crippen molar-refractivity contribution in [1.29, 1.82) is 0 Å². The molecule has 5 aromatic carbocycles. The molecule has 0 heterocycles. The Hall–Kier alpha value is -5.48. The van der Waals surface area contributed by atoms with Crippen LogP contribution in [0.4, 0.5) is 22.7 Å². The summed E-state index contributed by atoms with van der Waals surface area (Å²) >= 11 is 0. The third-order valence-electron chi connectivity index (χ3n) is 7.37. The van der Waals surface area contributed by atoms with E-state index in [4.69, 9.17) is 22.9 Å². The van der Waals surface area contributed by atoms with Crippen molar-refractivity contribution in [2.24, 2.45) is 0 Å². The van der Waals surface area contributed by atoms with Gasteiger partial charge in [0.25, 0.3) is 0 Å². The van der Waals surface area contributed by atoms with Gasteiger partial charge in [0, 0.05) is 50.9 Å². The molecular weight excluding hydrogens is 500 g/mol. The van der Waals surface area contributed by atoms with Gasteiger partial charge in [0.05, 0.1) is 0 Å². The molecule has 0 saturated carbocycles. The van der Waals surface area contributed by atoms with Crippen molar-refractivity contribution in [3.8, 4) is 22.3 Å². The van der Waals surface area contributed by atoms with Crippen LogP contribution in [-0.2, 0) is 0 Å². The van der Waals surface area contributed by atoms with Crippen molar-refractivity contribution in [3.63, 3.8) is 0 Å². The molecule has 0 fully saturated rings. The predicted molar refractivity (Wildman–Crippen MR) is 177 cm³/mol. The van der Waals surface area contributed by atoms with Gasteiger partial charge in [0.1, 0.15) is 0 Å². The zero-order chi connectivity index (χ0) is 28.9. The first-order valence-electron chi connectivity index (χ1n) is 13.4. The smallest absolute Gasteiger partial charge is 0.0394 e. The molecule has 5 aromatic rings. The number of anilines is 4. The molecule has 0 amide bonds. The second kappa shape index (κ2) is 11.7. The molecule has 0 aliphatic rings. The minimum atomic E-state index is -0.116. The van der Waals surface area contributed by atoms with Crippen molar-refractivity contribution < 1.29 is 0 Å². The third kappa shape index (κ3) is 5.63. The molecule has 0 atom stereocenters. The molecular formula is C37H34N4. The van der Waals surface area contributed by atoms with Crippen LogP contribution >= 0.6 is 0 Å². The van der Waals surface area contributed by atoms with Gasteiger partial charge >= 0.3 is 0 Å². The van der Waals surface area contributed by atoms with E-state index in [1.165, 1.54) is 0 Å². The zero-order valence-electron chi connectivity index (χ0n) is 22.9. The molecule has 0 saturated heterocycles. The van der Waals surface area contributed by atoms with E-state index in [1.54, 1.807) is 6.08 Å². The molecule has 0 aromatic heterocycles. The summed E-state index contributed by atoms with van der Waals surface area (Å²) in [6.07, 6.45) is 5.58. The molecule has 0 aliphatic heterocycles. The maximum atomic E-state index is 6.49. The predicted octanol–water partition coefficient (Wildman–Crippen LogP) is 8.29. The Morgan fingerprint density at radius 2 is 0.976 bits per heavy atom. The van der Waals surface area contributed by atoms with E-state index in [9.17, 15) is 0 Å². The summed E-state index contributed by atoms with van der Waals surface area (Å²) in [6, 6.07) is 36.4. The van der Waals surface area contributed by atoms with Gasteiger partial charge in [-0.3, -0.25) is 0 Å². The van der Waals surface area contributed by atoms with Crippen LogP contribution in [0.2, 0.25) is 0 Å². The van der Waals surface area contributed by atoms with Crippen LogP contribution in [0.1, 0.15) is 28.2 Å². The summed E-state index contributed by atoms with van der Waals surface area (Å²) in [4.78, 5) is 0. The molecule has 0 unspecified atom stereocenters. The van der Waals surface area contributed by atoms with E-state index in [0.29, 0.717) is 22.7 Å². The van der Waals surface area contributed by atoms with Crippen molar-refractivity contribution in [3.05, 3.63) is 163 Å². The van der Waals surface area contributed by atoms with Gasteiger partial charge in [-0.25, -0.2) is 0 Å². The standard InChI is InChI=1S/C37H34N4/c1-3-4-9-24(2)25-14-16-26(17-15-25)37(27-18-20-35(40)31(22-27)29-10-5-7-12-33(29)38)28-19-21-36(41)32(23-28)30-11-6-8-13-34(30)39/h3-23,37H,1-2,38-41H2/b9-4-. The van der Waals surface area contributed by atoms with Gasteiger partial charge in [-0.1, -0.05) is 104 Å². The minimum absolute atomic E-state index is 0.116. The van der Waals surface area contributed by atoms with Crippen molar-refractivity contribution >= 4 is 28.3 Å². The lowest BCUT2D eigenvalue weighted by atomic mass is 9.82. The second-order valence-electron chi connectivity index (χ2n) is 10.0. The van der Waals surface area contributed by atoms with E-state index in [1.807, 2.05) is 72.8 Å². The van der Waals surface area contributed by atoms with E-state index >= 15 is 0 Å². The molecule has 41 heavy (non-hydrogen) atoms. The summed E-state index contributed by atoms with van der Waals surface area (Å²) < 4.78 is 0. The average molecular weight is 535 g/mol. The highest BCUT2D eigenvalue weighted by molar-refractivity contribution is 5.86. The molecule has 4 heteroatoms. The second-order valence-corrected chi connectivity index (χ2v) is 10.0. The summed E-state index contributed by atoms with van der Waals surface area (Å²) in [7, 11) is 0. The van der Waals surface area contributed by atoms with Gasteiger partial charge in [0.2, 0.25) is 0 Å². The quantitative estimate of drug-likeness (QED) is 0.0913. The number of nitrogen functional groups attached to an aromatic ring is 4. The number of hydrogen-bond donors (Lipinski definition) is 4. The maximum Gasteiger partial charge on any atom is 0.0394 e. The first-order valence-corrected chi connectivity index (χ1v) is 13.4. The molecule has 0 radical (unpaired) electrons. The largest absolute Gasteiger partial charge is 0.398 e. The lowest BCUT2D eigenvalue weighted by molar-refractivity contribution is 0.978. The lowest BCUT2D eigenvalue weighted by Gasteiger charge is -2.23. The molecule has 202 valence electrons. The minimum Gasteiger partial charge on any atom is -0.398 e. The molecule has 0 bridgehead atoms. The normalized spacial score (nSPS) is 11.1. The summed E-state index contributed by atoms with van der Waals surface area (Å²) in [6.45, 7) is 7.94. The van der Waals surface area contributed by atoms with Crippen molar-refractivity contribution in [1.82, 2.24) is 0 Å². The van der Waals surface area contributed by atoms with Crippen LogP contribution in [0, 0.1) is 0 Å². The van der Waals surface area contributed by atoms with Gasteiger partial charge in [-0.15, -0.1) is 0 Å². The van der Waals surface area contributed by atoms with Gasteiger partial charge in [-0.2, -0.15) is 0 Å². The first kappa shape index (κ1) is 27.1. The van der Waals surface area contributed by atoms with Crippen LogP contribution in [0.3, 0.4) is 0 Å². The van der Waals surface area contributed by atoms with E-state index in [-0.39, 0.29) is 5.92 Å². The summed E-state index contributed by atoms with van der Waals surface area (Å²) in [5.41, 5.74) is 37.2. The SMILES string of the molecule is C=C/C=C\C(=C)c1ccc(C(c2ccc(N)c(-c3ccccc3N)c2)c2ccc(N)c(-c3ccccc3N)c2)cc1. The Bertz CT molecular complexity index is 1670. The fourth-order valence-corrected chi connectivity index (χ4v) is 5.21. The Kier molecular flexibility index (Phi) is 7.75. The monoisotopic (exact) mass is 534 g/mol.